The highest BCUT2D eigenvalue weighted by molar-refractivity contribution is 5.81. The zero-order valence-corrected chi connectivity index (χ0v) is 12.9. The summed E-state index contributed by atoms with van der Waals surface area (Å²) in [5.74, 6) is 2.00. The van der Waals surface area contributed by atoms with E-state index in [9.17, 15) is 4.79 Å². The summed E-state index contributed by atoms with van der Waals surface area (Å²) in [4.78, 5) is 14.6. The third-order valence-corrected chi connectivity index (χ3v) is 5.80. The largest absolute Gasteiger partial charge is 0.323 e. The first-order chi connectivity index (χ1) is 9.79. The van der Waals surface area contributed by atoms with Gasteiger partial charge >= 0.3 is 0 Å². The Balaban J connectivity index is 1.60. The van der Waals surface area contributed by atoms with Gasteiger partial charge in [-0.1, -0.05) is 32.6 Å². The van der Waals surface area contributed by atoms with Crippen molar-refractivity contribution in [2.45, 2.75) is 83.3 Å². The zero-order valence-electron chi connectivity index (χ0n) is 12.9. The molecule has 1 atom stereocenters. The Bertz CT molecular complexity index is 330. The molecule has 0 radical (unpaired) electrons. The van der Waals surface area contributed by atoms with E-state index in [0.717, 1.165) is 11.8 Å². The number of nitrogens with zero attached hydrogens (tertiary/aromatic N) is 1. The van der Waals surface area contributed by atoms with Gasteiger partial charge in [0.1, 0.15) is 0 Å². The Kier molecular flexibility index (Phi) is 4.65. The second-order valence-electron chi connectivity index (χ2n) is 7.13. The summed E-state index contributed by atoms with van der Waals surface area (Å²) >= 11 is 0. The van der Waals surface area contributed by atoms with Gasteiger partial charge in [-0.15, -0.1) is 0 Å². The van der Waals surface area contributed by atoms with Crippen molar-refractivity contribution >= 4 is 5.91 Å². The number of hydrogen-bond acceptors (Lipinski definition) is 2. The van der Waals surface area contributed by atoms with Gasteiger partial charge in [0, 0.05) is 6.04 Å². The Labute approximate surface area is 123 Å². The molecule has 114 valence electrons. The molecule has 0 spiro atoms. The normalized spacial score (nSPS) is 36.0. The fourth-order valence-corrected chi connectivity index (χ4v) is 4.75. The maximum Gasteiger partial charge on any atom is 0.238 e. The Morgan fingerprint density at radius 1 is 1.10 bits per heavy atom. The van der Waals surface area contributed by atoms with Gasteiger partial charge in [-0.05, 0) is 50.4 Å². The molecule has 3 heteroatoms. The van der Waals surface area contributed by atoms with Gasteiger partial charge in [-0.2, -0.15) is 0 Å². The predicted molar refractivity (Wildman–Crippen MR) is 81.2 cm³/mol. The van der Waals surface area contributed by atoms with Crippen molar-refractivity contribution in [3.05, 3.63) is 0 Å². The lowest BCUT2D eigenvalue weighted by Crippen LogP contribution is -2.49. The van der Waals surface area contributed by atoms with Crippen molar-refractivity contribution in [2.75, 3.05) is 6.54 Å². The third kappa shape index (κ3) is 2.88. The minimum absolute atomic E-state index is 0.359. The topological polar surface area (TPSA) is 32.3 Å². The maximum absolute atomic E-state index is 12.3. The molecule has 1 aliphatic heterocycles. The molecule has 0 aromatic heterocycles. The van der Waals surface area contributed by atoms with Gasteiger partial charge in [0.05, 0.1) is 12.7 Å². The van der Waals surface area contributed by atoms with E-state index in [1.54, 1.807) is 0 Å². The van der Waals surface area contributed by atoms with E-state index in [1.165, 1.54) is 64.2 Å². The Morgan fingerprint density at radius 2 is 1.80 bits per heavy atom. The van der Waals surface area contributed by atoms with E-state index in [0.29, 0.717) is 24.7 Å². The summed E-state index contributed by atoms with van der Waals surface area (Å²) in [5.41, 5.74) is 0. The molecule has 20 heavy (non-hydrogen) atoms. The summed E-state index contributed by atoms with van der Waals surface area (Å²) in [6.07, 6.45) is 13.5. The average Bonchev–Trinajstić information content (AvgIpc) is 3.09. The first-order valence-electron chi connectivity index (χ1n) is 8.84. The van der Waals surface area contributed by atoms with Gasteiger partial charge in [-0.25, -0.2) is 0 Å². The summed E-state index contributed by atoms with van der Waals surface area (Å²) in [6.45, 7) is 2.87. The number of carbonyl (C=O) groups is 1. The van der Waals surface area contributed by atoms with Crippen LogP contribution < -0.4 is 5.32 Å². The van der Waals surface area contributed by atoms with E-state index in [-0.39, 0.29) is 0 Å². The quantitative estimate of drug-likeness (QED) is 0.856. The lowest BCUT2D eigenvalue weighted by atomic mass is 9.82. The molecule has 1 heterocycles. The smallest absolute Gasteiger partial charge is 0.238 e. The van der Waals surface area contributed by atoms with Gasteiger partial charge in [0.2, 0.25) is 5.91 Å². The standard InChI is InChI=1S/C17H30N2O/c1-2-5-13-8-10-15(11-9-13)19-16(20)12-18-17(19)14-6-3-4-7-14/h13-15,17-18H,2-12H2,1H3. The predicted octanol–water partition coefficient (Wildman–Crippen LogP) is 3.29. The summed E-state index contributed by atoms with van der Waals surface area (Å²) in [6, 6.07) is 0.524. The highest BCUT2D eigenvalue weighted by atomic mass is 16.2. The lowest BCUT2D eigenvalue weighted by Gasteiger charge is -2.39. The fraction of sp³-hybridized carbons (Fsp3) is 0.941. The Morgan fingerprint density at radius 3 is 2.45 bits per heavy atom. The molecule has 1 N–H and O–H groups in total. The van der Waals surface area contributed by atoms with Crippen molar-refractivity contribution in [1.29, 1.82) is 0 Å². The van der Waals surface area contributed by atoms with Crippen LogP contribution in [0.15, 0.2) is 0 Å². The zero-order chi connectivity index (χ0) is 13.9. The van der Waals surface area contributed by atoms with Crippen LogP contribution in [0.25, 0.3) is 0 Å². The maximum atomic E-state index is 12.3. The van der Waals surface area contributed by atoms with E-state index < -0.39 is 0 Å². The molecule has 0 aromatic rings. The lowest BCUT2D eigenvalue weighted by molar-refractivity contribution is -0.132. The van der Waals surface area contributed by atoms with Gasteiger partial charge in [0.15, 0.2) is 0 Å². The molecule has 3 aliphatic rings. The molecule has 1 amide bonds. The van der Waals surface area contributed by atoms with Crippen LogP contribution in [0.5, 0.6) is 0 Å². The van der Waals surface area contributed by atoms with Crippen molar-refractivity contribution < 1.29 is 4.79 Å². The minimum atomic E-state index is 0.359. The first kappa shape index (κ1) is 14.4. The molecule has 2 aliphatic carbocycles. The molecule has 3 nitrogen and oxygen atoms in total. The Hall–Kier alpha value is -0.570. The molecule has 1 unspecified atom stereocenters. The van der Waals surface area contributed by atoms with Crippen LogP contribution in [-0.4, -0.2) is 29.6 Å². The average molecular weight is 278 g/mol. The van der Waals surface area contributed by atoms with Crippen LogP contribution >= 0.6 is 0 Å². The van der Waals surface area contributed by atoms with Crippen molar-refractivity contribution in [1.82, 2.24) is 10.2 Å². The molecular weight excluding hydrogens is 248 g/mol. The number of rotatable bonds is 4. The highest BCUT2D eigenvalue weighted by Gasteiger charge is 2.41. The van der Waals surface area contributed by atoms with Crippen LogP contribution in [0.3, 0.4) is 0 Å². The van der Waals surface area contributed by atoms with Gasteiger partial charge in [0.25, 0.3) is 0 Å². The number of carbonyl (C=O) groups excluding carboxylic acids is 1. The minimum Gasteiger partial charge on any atom is -0.323 e. The summed E-state index contributed by atoms with van der Waals surface area (Å²) < 4.78 is 0. The molecule has 0 aromatic carbocycles. The van der Waals surface area contributed by atoms with Crippen LogP contribution in [0.4, 0.5) is 0 Å². The molecule has 0 bridgehead atoms. The molecule has 1 saturated heterocycles. The van der Waals surface area contributed by atoms with Crippen molar-refractivity contribution in [3.8, 4) is 0 Å². The van der Waals surface area contributed by atoms with Gasteiger partial charge < -0.3 is 4.90 Å². The van der Waals surface area contributed by atoms with Crippen LogP contribution in [0, 0.1) is 11.8 Å². The molecular formula is C17H30N2O. The van der Waals surface area contributed by atoms with Crippen molar-refractivity contribution in [3.63, 3.8) is 0 Å². The monoisotopic (exact) mass is 278 g/mol. The molecule has 2 saturated carbocycles. The van der Waals surface area contributed by atoms with Crippen molar-refractivity contribution in [2.24, 2.45) is 11.8 Å². The van der Waals surface area contributed by atoms with Crippen LogP contribution in [-0.2, 0) is 4.79 Å². The van der Waals surface area contributed by atoms with E-state index >= 15 is 0 Å². The van der Waals surface area contributed by atoms with E-state index in [2.05, 4.69) is 17.1 Å². The highest BCUT2D eigenvalue weighted by Crippen LogP contribution is 2.36. The van der Waals surface area contributed by atoms with Crippen LogP contribution in [0.2, 0.25) is 0 Å². The summed E-state index contributed by atoms with van der Waals surface area (Å²) in [7, 11) is 0. The van der Waals surface area contributed by atoms with Crippen LogP contribution in [0.1, 0.15) is 71.1 Å². The second-order valence-corrected chi connectivity index (χ2v) is 7.13. The summed E-state index contributed by atoms with van der Waals surface area (Å²) in [5, 5.41) is 3.51. The number of nitrogens with one attached hydrogen (secondary N) is 1. The van der Waals surface area contributed by atoms with Gasteiger partial charge in [-0.3, -0.25) is 10.1 Å². The number of amides is 1. The first-order valence-corrected chi connectivity index (χ1v) is 8.84. The fourth-order valence-electron chi connectivity index (χ4n) is 4.75. The SMILES string of the molecule is CCCC1CCC(N2C(=O)CNC2C2CCCC2)CC1. The van der Waals surface area contributed by atoms with E-state index in [1.807, 2.05) is 0 Å². The third-order valence-electron chi connectivity index (χ3n) is 5.80. The second kappa shape index (κ2) is 6.46. The number of hydrogen-bond donors (Lipinski definition) is 1. The molecule has 3 fully saturated rings. The van der Waals surface area contributed by atoms with E-state index in [4.69, 9.17) is 0 Å². The molecule has 3 rings (SSSR count).